The summed E-state index contributed by atoms with van der Waals surface area (Å²) in [6.07, 6.45) is 0. The lowest BCUT2D eigenvalue weighted by Gasteiger charge is -2.13. The van der Waals surface area contributed by atoms with Gasteiger partial charge in [0.1, 0.15) is 0 Å². The van der Waals surface area contributed by atoms with Crippen molar-refractivity contribution in [2.24, 2.45) is 0 Å². The van der Waals surface area contributed by atoms with Crippen LogP contribution in [0.5, 0.6) is 0 Å². The Labute approximate surface area is 144 Å². The van der Waals surface area contributed by atoms with Gasteiger partial charge in [-0.15, -0.1) is 0 Å². The summed E-state index contributed by atoms with van der Waals surface area (Å²) >= 11 is 6.36. The van der Waals surface area contributed by atoms with Crippen LogP contribution in [-0.2, 0) is 10.0 Å². The summed E-state index contributed by atoms with van der Waals surface area (Å²) in [5.74, 6) is -1.23. The molecule has 0 aliphatic rings. The fourth-order valence-corrected chi connectivity index (χ4v) is 4.31. The van der Waals surface area contributed by atoms with Crippen LogP contribution in [0.2, 0.25) is 0 Å². The van der Waals surface area contributed by atoms with E-state index < -0.39 is 16.0 Å². The minimum Gasteiger partial charge on any atom is -0.478 e. The summed E-state index contributed by atoms with van der Waals surface area (Å²) in [6, 6.07) is 9.17. The molecular weight excluding hydrogens is 438 g/mol. The summed E-state index contributed by atoms with van der Waals surface area (Å²) in [7, 11) is -3.88. The van der Waals surface area contributed by atoms with Crippen LogP contribution in [0.3, 0.4) is 0 Å². The number of aryl methyl sites for hydroxylation is 1. The molecule has 2 rings (SSSR count). The van der Waals surface area contributed by atoms with E-state index in [1.165, 1.54) is 18.2 Å². The van der Waals surface area contributed by atoms with Gasteiger partial charge in [-0.1, -0.05) is 33.6 Å². The number of carboxylic acids is 1. The number of benzene rings is 2. The zero-order valence-corrected chi connectivity index (χ0v) is 15.3. The van der Waals surface area contributed by atoms with Gasteiger partial charge in [0.25, 0.3) is 10.0 Å². The van der Waals surface area contributed by atoms with Gasteiger partial charge in [0.15, 0.2) is 0 Å². The highest BCUT2D eigenvalue weighted by Crippen LogP contribution is 2.32. The van der Waals surface area contributed by atoms with E-state index in [0.29, 0.717) is 8.95 Å². The minimum atomic E-state index is -3.88. The third kappa shape index (κ3) is 3.68. The van der Waals surface area contributed by atoms with Gasteiger partial charge in [0.05, 0.1) is 16.1 Å². The van der Waals surface area contributed by atoms with Gasteiger partial charge in [-0.2, -0.15) is 0 Å². The fraction of sp³-hybridized carbons (Fsp3) is 0.0714. The molecule has 0 aliphatic carbocycles. The van der Waals surface area contributed by atoms with E-state index in [1.807, 2.05) is 6.92 Å². The monoisotopic (exact) mass is 447 g/mol. The SMILES string of the molecule is Cc1ccc(S(=O)(=O)Nc2c(Br)cc(Br)cc2C(=O)O)cc1. The first kappa shape index (κ1) is 17.0. The van der Waals surface area contributed by atoms with Crippen molar-refractivity contribution >= 4 is 53.5 Å². The molecule has 0 amide bonds. The highest BCUT2D eigenvalue weighted by molar-refractivity contribution is 9.11. The van der Waals surface area contributed by atoms with Crippen molar-refractivity contribution in [1.29, 1.82) is 0 Å². The summed E-state index contributed by atoms with van der Waals surface area (Å²) in [4.78, 5) is 11.4. The molecule has 0 bridgehead atoms. The van der Waals surface area contributed by atoms with Crippen LogP contribution in [0.15, 0.2) is 50.2 Å². The predicted molar refractivity (Wildman–Crippen MR) is 90.8 cm³/mol. The van der Waals surface area contributed by atoms with E-state index in [2.05, 4.69) is 36.6 Å². The Balaban J connectivity index is 2.50. The first-order chi connectivity index (χ1) is 10.2. The number of hydrogen-bond donors (Lipinski definition) is 2. The molecule has 0 aromatic heterocycles. The number of nitrogens with one attached hydrogen (secondary N) is 1. The number of halogens is 2. The molecule has 0 radical (unpaired) electrons. The Hall–Kier alpha value is -1.38. The Kier molecular flexibility index (Phi) is 4.93. The number of anilines is 1. The Morgan fingerprint density at radius 3 is 2.27 bits per heavy atom. The predicted octanol–water partition coefficient (Wildman–Crippen LogP) is 4.02. The molecule has 116 valence electrons. The molecule has 0 unspecified atom stereocenters. The molecule has 2 N–H and O–H groups in total. The van der Waals surface area contributed by atoms with Crippen LogP contribution in [0.1, 0.15) is 15.9 Å². The molecule has 0 aliphatic heterocycles. The Morgan fingerprint density at radius 2 is 1.73 bits per heavy atom. The zero-order valence-electron chi connectivity index (χ0n) is 11.3. The summed E-state index contributed by atoms with van der Waals surface area (Å²) in [6.45, 7) is 1.84. The lowest BCUT2D eigenvalue weighted by Crippen LogP contribution is -2.16. The number of sulfonamides is 1. The normalized spacial score (nSPS) is 11.2. The van der Waals surface area contributed by atoms with Crippen molar-refractivity contribution in [1.82, 2.24) is 0 Å². The Morgan fingerprint density at radius 1 is 1.14 bits per heavy atom. The van der Waals surface area contributed by atoms with Crippen LogP contribution >= 0.6 is 31.9 Å². The average Bonchev–Trinajstić information content (AvgIpc) is 2.41. The van der Waals surface area contributed by atoms with Crippen molar-refractivity contribution in [2.75, 3.05) is 4.72 Å². The van der Waals surface area contributed by atoms with E-state index in [-0.39, 0.29) is 16.1 Å². The standard InChI is InChI=1S/C14H11Br2NO4S/c1-8-2-4-10(5-3-8)22(20,21)17-13-11(14(18)19)6-9(15)7-12(13)16/h2-7,17H,1H3,(H,18,19). The molecule has 0 saturated carbocycles. The minimum absolute atomic E-state index is 0.0173. The Bertz CT molecular complexity index is 833. The molecule has 2 aromatic rings. The van der Waals surface area contributed by atoms with Gasteiger partial charge in [0, 0.05) is 8.95 Å². The van der Waals surface area contributed by atoms with Crippen molar-refractivity contribution in [3.8, 4) is 0 Å². The second-order valence-electron chi connectivity index (χ2n) is 4.53. The molecule has 8 heteroatoms. The van der Waals surface area contributed by atoms with Gasteiger partial charge in [-0.05, 0) is 47.1 Å². The largest absolute Gasteiger partial charge is 0.478 e. The first-order valence-electron chi connectivity index (χ1n) is 6.02. The number of carboxylic acid groups (broad SMARTS) is 1. The lowest BCUT2D eigenvalue weighted by molar-refractivity contribution is 0.0698. The average molecular weight is 449 g/mol. The lowest BCUT2D eigenvalue weighted by atomic mass is 10.2. The number of aromatic carboxylic acids is 1. The quantitative estimate of drug-likeness (QED) is 0.739. The molecule has 0 spiro atoms. The maximum atomic E-state index is 12.4. The molecule has 0 saturated heterocycles. The summed E-state index contributed by atoms with van der Waals surface area (Å²) in [5.41, 5.74) is 0.753. The van der Waals surface area contributed by atoms with Gasteiger partial charge in [0.2, 0.25) is 0 Å². The van der Waals surface area contributed by atoms with Gasteiger partial charge in [-0.25, -0.2) is 13.2 Å². The van der Waals surface area contributed by atoms with E-state index >= 15 is 0 Å². The molecular formula is C14H11Br2NO4S. The third-order valence-corrected chi connectivity index (χ3v) is 5.30. The topological polar surface area (TPSA) is 83.5 Å². The molecule has 5 nitrogen and oxygen atoms in total. The second kappa shape index (κ2) is 6.39. The maximum absolute atomic E-state index is 12.4. The van der Waals surface area contributed by atoms with E-state index in [9.17, 15) is 18.3 Å². The van der Waals surface area contributed by atoms with Crippen LogP contribution in [0, 0.1) is 6.92 Å². The van der Waals surface area contributed by atoms with Crippen LogP contribution in [0.25, 0.3) is 0 Å². The van der Waals surface area contributed by atoms with Crippen molar-refractivity contribution in [3.63, 3.8) is 0 Å². The molecule has 22 heavy (non-hydrogen) atoms. The van der Waals surface area contributed by atoms with E-state index in [4.69, 9.17) is 0 Å². The van der Waals surface area contributed by atoms with Crippen LogP contribution in [-0.4, -0.2) is 19.5 Å². The van der Waals surface area contributed by atoms with E-state index in [1.54, 1.807) is 18.2 Å². The number of rotatable bonds is 4. The van der Waals surface area contributed by atoms with Crippen molar-refractivity contribution < 1.29 is 18.3 Å². The van der Waals surface area contributed by atoms with Gasteiger partial charge in [-0.3, -0.25) is 4.72 Å². The van der Waals surface area contributed by atoms with Crippen LogP contribution < -0.4 is 4.72 Å². The first-order valence-corrected chi connectivity index (χ1v) is 9.09. The number of carbonyl (C=O) groups is 1. The van der Waals surface area contributed by atoms with Crippen molar-refractivity contribution in [3.05, 3.63) is 56.5 Å². The smallest absolute Gasteiger partial charge is 0.337 e. The highest BCUT2D eigenvalue weighted by Gasteiger charge is 2.21. The molecule has 0 atom stereocenters. The van der Waals surface area contributed by atoms with Crippen LogP contribution in [0.4, 0.5) is 5.69 Å². The maximum Gasteiger partial charge on any atom is 0.337 e. The van der Waals surface area contributed by atoms with Crippen molar-refractivity contribution in [2.45, 2.75) is 11.8 Å². The third-order valence-electron chi connectivity index (χ3n) is 2.85. The zero-order chi connectivity index (χ0) is 16.5. The summed E-state index contributed by atoms with van der Waals surface area (Å²) in [5, 5.41) is 9.24. The molecule has 2 aromatic carbocycles. The van der Waals surface area contributed by atoms with E-state index in [0.717, 1.165) is 5.56 Å². The van der Waals surface area contributed by atoms with Gasteiger partial charge < -0.3 is 5.11 Å². The number of hydrogen-bond acceptors (Lipinski definition) is 3. The molecule has 0 heterocycles. The second-order valence-corrected chi connectivity index (χ2v) is 7.99. The summed E-state index contributed by atoms with van der Waals surface area (Å²) < 4.78 is 28.0. The molecule has 0 fully saturated rings. The highest BCUT2D eigenvalue weighted by atomic mass is 79.9. The van der Waals surface area contributed by atoms with Gasteiger partial charge >= 0.3 is 5.97 Å². The fourth-order valence-electron chi connectivity index (χ4n) is 1.76.